The van der Waals surface area contributed by atoms with Gasteiger partial charge in [0.2, 0.25) is 0 Å². The summed E-state index contributed by atoms with van der Waals surface area (Å²) in [5, 5.41) is 3.66. The van der Waals surface area contributed by atoms with Gasteiger partial charge in [-0.3, -0.25) is 25.4 Å². The van der Waals surface area contributed by atoms with Crippen molar-refractivity contribution in [3.05, 3.63) is 89.0 Å². The molecule has 1 aliphatic heterocycles. The van der Waals surface area contributed by atoms with Gasteiger partial charge >= 0.3 is 0 Å². The van der Waals surface area contributed by atoms with Crippen molar-refractivity contribution < 1.29 is 9.59 Å². The lowest BCUT2D eigenvalue weighted by molar-refractivity contribution is -0.117. The van der Waals surface area contributed by atoms with Crippen LogP contribution in [0.4, 0.5) is 0 Å². The van der Waals surface area contributed by atoms with Crippen LogP contribution in [0.2, 0.25) is 0 Å². The first-order valence-electron chi connectivity index (χ1n) is 7.54. The van der Waals surface area contributed by atoms with Crippen LogP contribution in [0, 0.1) is 0 Å². The Bertz CT molecular complexity index is 856. The number of nitrogens with zero attached hydrogens (tertiary/aromatic N) is 1. The van der Waals surface area contributed by atoms with E-state index in [4.69, 9.17) is 0 Å². The summed E-state index contributed by atoms with van der Waals surface area (Å²) in [5.74, 6) is -0.752. The lowest BCUT2D eigenvalue weighted by Gasteiger charge is -2.08. The number of hydrogen-bond donors (Lipinski definition) is 2. The van der Waals surface area contributed by atoms with Gasteiger partial charge in [-0.05, 0) is 52.3 Å². The number of carbonyl (C=O) groups excluding carboxylic acids is 2. The number of carbonyl (C=O) groups is 2. The second kappa shape index (κ2) is 8.12. The van der Waals surface area contributed by atoms with Crippen LogP contribution in [0.3, 0.4) is 0 Å². The van der Waals surface area contributed by atoms with Crippen molar-refractivity contribution in [2.24, 2.45) is 0 Å². The maximum Gasteiger partial charge on any atom is 0.269 e. The van der Waals surface area contributed by atoms with Gasteiger partial charge in [-0.2, -0.15) is 0 Å². The standard InChI is InChI=1S/C19H15N3O2S/c23-18(15-4-2-11-25-12-9-15)21-22-19(24)16-7-5-14(6-8-16)17-3-1-10-20-13-17/h1-13H,(H,21,23)(H,22,24). The van der Waals surface area contributed by atoms with Crippen molar-refractivity contribution >= 4 is 23.6 Å². The number of aromatic nitrogens is 1. The number of hydrazine groups is 1. The third-order valence-corrected chi connectivity index (χ3v) is 4.06. The highest BCUT2D eigenvalue weighted by Crippen LogP contribution is 2.18. The van der Waals surface area contributed by atoms with Gasteiger partial charge < -0.3 is 0 Å². The van der Waals surface area contributed by atoms with Gasteiger partial charge in [0, 0.05) is 23.5 Å². The third kappa shape index (κ3) is 4.45. The molecule has 25 heavy (non-hydrogen) atoms. The molecular weight excluding hydrogens is 334 g/mol. The van der Waals surface area contributed by atoms with E-state index in [9.17, 15) is 9.59 Å². The van der Waals surface area contributed by atoms with Crippen LogP contribution in [0.25, 0.3) is 11.1 Å². The van der Waals surface area contributed by atoms with Crippen LogP contribution >= 0.6 is 11.8 Å². The molecule has 2 amide bonds. The quantitative estimate of drug-likeness (QED) is 0.835. The maximum absolute atomic E-state index is 12.2. The number of benzene rings is 1. The molecule has 2 heterocycles. The van der Waals surface area contributed by atoms with Crippen LogP contribution in [0.1, 0.15) is 10.4 Å². The van der Waals surface area contributed by atoms with Gasteiger partial charge in [-0.1, -0.05) is 24.3 Å². The lowest BCUT2D eigenvalue weighted by Crippen LogP contribution is -2.42. The molecule has 0 saturated carbocycles. The summed E-state index contributed by atoms with van der Waals surface area (Å²) in [4.78, 5) is 28.3. The second-order valence-electron chi connectivity index (χ2n) is 5.12. The van der Waals surface area contributed by atoms with E-state index in [1.165, 1.54) is 11.8 Å². The fourth-order valence-electron chi connectivity index (χ4n) is 2.16. The van der Waals surface area contributed by atoms with E-state index in [2.05, 4.69) is 15.8 Å². The number of allylic oxidation sites excluding steroid dienone is 2. The number of hydrogen-bond acceptors (Lipinski definition) is 4. The summed E-state index contributed by atoms with van der Waals surface area (Å²) >= 11 is 1.47. The van der Waals surface area contributed by atoms with Crippen molar-refractivity contribution in [2.75, 3.05) is 0 Å². The maximum atomic E-state index is 12.2. The summed E-state index contributed by atoms with van der Waals surface area (Å²) in [7, 11) is 0. The Kier molecular flexibility index (Phi) is 5.43. The molecule has 3 rings (SSSR count). The second-order valence-corrected chi connectivity index (χ2v) is 5.93. The minimum atomic E-state index is -0.380. The molecule has 0 fully saturated rings. The highest BCUT2D eigenvalue weighted by Gasteiger charge is 2.10. The molecule has 124 valence electrons. The zero-order valence-corrected chi connectivity index (χ0v) is 14.0. The van der Waals surface area contributed by atoms with Crippen LogP contribution in [0.5, 0.6) is 0 Å². The van der Waals surface area contributed by atoms with E-state index in [0.29, 0.717) is 11.1 Å². The minimum absolute atomic E-state index is 0.372. The SMILES string of the molecule is O=C(NNC(=O)c1ccc(-c2cccnc2)cc1)C1=CC=CSC=C1. The molecular formula is C19H15N3O2S. The van der Waals surface area contributed by atoms with E-state index < -0.39 is 0 Å². The molecule has 0 spiro atoms. The Hall–Kier alpha value is -3.12. The Morgan fingerprint density at radius 2 is 1.72 bits per heavy atom. The zero-order valence-electron chi connectivity index (χ0n) is 13.2. The number of amides is 2. The highest BCUT2D eigenvalue weighted by atomic mass is 32.2. The fraction of sp³-hybridized carbons (Fsp3) is 0. The Balaban J connectivity index is 1.61. The van der Waals surface area contributed by atoms with Gasteiger partial charge in [0.05, 0.1) is 0 Å². The Morgan fingerprint density at radius 1 is 0.920 bits per heavy atom. The molecule has 1 aliphatic rings. The van der Waals surface area contributed by atoms with Gasteiger partial charge in [0.25, 0.3) is 11.8 Å². The summed E-state index contributed by atoms with van der Waals surface area (Å²) < 4.78 is 0. The number of pyridine rings is 1. The van der Waals surface area contributed by atoms with Gasteiger partial charge in [-0.25, -0.2) is 0 Å². The molecule has 2 N–H and O–H groups in total. The average molecular weight is 349 g/mol. The van der Waals surface area contributed by atoms with E-state index in [1.807, 2.05) is 29.7 Å². The average Bonchev–Trinajstić information content (AvgIpc) is 2.96. The molecule has 2 aromatic rings. The molecule has 0 bridgehead atoms. The number of thioether (sulfide) groups is 1. The molecule has 0 atom stereocenters. The van der Waals surface area contributed by atoms with E-state index in [0.717, 1.165) is 11.1 Å². The normalized spacial score (nSPS) is 12.9. The van der Waals surface area contributed by atoms with Gasteiger partial charge in [0.15, 0.2) is 0 Å². The third-order valence-electron chi connectivity index (χ3n) is 3.45. The summed E-state index contributed by atoms with van der Waals surface area (Å²) in [6.45, 7) is 0. The highest BCUT2D eigenvalue weighted by molar-refractivity contribution is 8.04. The fourth-order valence-corrected chi connectivity index (χ4v) is 2.64. The van der Waals surface area contributed by atoms with Crippen molar-refractivity contribution in [3.63, 3.8) is 0 Å². The predicted molar refractivity (Wildman–Crippen MR) is 99.2 cm³/mol. The minimum Gasteiger partial charge on any atom is -0.267 e. The molecule has 0 radical (unpaired) electrons. The van der Waals surface area contributed by atoms with E-state index in [-0.39, 0.29) is 11.8 Å². The van der Waals surface area contributed by atoms with Crippen molar-refractivity contribution in [2.45, 2.75) is 0 Å². The molecule has 6 heteroatoms. The first-order valence-corrected chi connectivity index (χ1v) is 8.48. The summed E-state index contributed by atoms with van der Waals surface area (Å²) in [5.41, 5.74) is 7.69. The van der Waals surface area contributed by atoms with Crippen LogP contribution < -0.4 is 10.9 Å². The number of nitrogens with one attached hydrogen (secondary N) is 2. The Labute approximate surface area is 149 Å². The monoisotopic (exact) mass is 349 g/mol. The van der Waals surface area contributed by atoms with Crippen LogP contribution in [-0.4, -0.2) is 16.8 Å². The molecule has 1 aromatic carbocycles. The lowest BCUT2D eigenvalue weighted by atomic mass is 10.1. The van der Waals surface area contributed by atoms with Gasteiger partial charge in [-0.15, -0.1) is 11.8 Å². The van der Waals surface area contributed by atoms with Crippen molar-refractivity contribution in [1.82, 2.24) is 15.8 Å². The largest absolute Gasteiger partial charge is 0.269 e. The smallest absolute Gasteiger partial charge is 0.267 e. The molecule has 1 aromatic heterocycles. The topological polar surface area (TPSA) is 71.1 Å². The predicted octanol–water partition coefficient (Wildman–Crippen LogP) is 3.21. The van der Waals surface area contributed by atoms with Crippen molar-refractivity contribution in [1.29, 1.82) is 0 Å². The van der Waals surface area contributed by atoms with Crippen molar-refractivity contribution in [3.8, 4) is 11.1 Å². The number of rotatable bonds is 3. The van der Waals surface area contributed by atoms with Gasteiger partial charge in [0.1, 0.15) is 0 Å². The molecule has 5 nitrogen and oxygen atoms in total. The molecule has 0 unspecified atom stereocenters. The first kappa shape index (κ1) is 16.7. The zero-order chi connectivity index (χ0) is 17.5. The first-order chi connectivity index (χ1) is 12.2. The summed E-state index contributed by atoms with van der Waals surface area (Å²) in [6.07, 6.45) is 8.62. The summed E-state index contributed by atoms with van der Waals surface area (Å²) in [6, 6.07) is 10.9. The molecule has 0 aliphatic carbocycles. The van der Waals surface area contributed by atoms with E-state index in [1.54, 1.807) is 48.2 Å². The Morgan fingerprint density at radius 3 is 2.48 bits per heavy atom. The van der Waals surface area contributed by atoms with E-state index >= 15 is 0 Å². The van der Waals surface area contributed by atoms with Crippen LogP contribution in [0.15, 0.2) is 83.4 Å². The molecule has 0 saturated heterocycles. The van der Waals surface area contributed by atoms with Crippen LogP contribution in [-0.2, 0) is 4.79 Å².